The van der Waals surface area contributed by atoms with E-state index < -0.39 is 12.1 Å². The number of halogens is 3. The van der Waals surface area contributed by atoms with Gasteiger partial charge in [0.2, 0.25) is 0 Å². The molecule has 0 atom stereocenters. The average Bonchev–Trinajstić information content (AvgIpc) is 1.96. The van der Waals surface area contributed by atoms with Crippen LogP contribution in [0.4, 0.5) is 14.5 Å². The molecule has 12 heavy (non-hydrogen) atoms. The summed E-state index contributed by atoms with van der Waals surface area (Å²) in [7, 11) is 0. The fraction of sp³-hybridized carbons (Fsp3) is 0.167. The molecule has 0 saturated heterocycles. The zero-order valence-corrected chi connectivity index (χ0v) is 6.55. The molecule has 66 valence electrons. The van der Waals surface area contributed by atoms with Crippen molar-refractivity contribution in [2.75, 3.05) is 5.73 Å². The number of hydrogen-bond donors (Lipinski definition) is 1. The van der Waals surface area contributed by atoms with Crippen LogP contribution in [0, 0.1) is 0 Å². The Morgan fingerprint density at radius 2 is 2.17 bits per heavy atom. The van der Waals surface area contributed by atoms with E-state index in [2.05, 4.69) is 0 Å². The second kappa shape index (κ2) is 3.10. The molecule has 0 aliphatic rings. The first-order chi connectivity index (χ1) is 5.52. The molecule has 6 heteroatoms. The summed E-state index contributed by atoms with van der Waals surface area (Å²) in [5, 5.41) is -0.310. The third kappa shape index (κ3) is 1.55. The molecule has 2 N–H and O–H groups in total. The van der Waals surface area contributed by atoms with E-state index >= 15 is 0 Å². The van der Waals surface area contributed by atoms with Gasteiger partial charge in [0.15, 0.2) is 0 Å². The predicted molar refractivity (Wildman–Crippen MR) is 41.4 cm³/mol. The molecule has 0 saturated carbocycles. The minimum Gasteiger partial charge on any atom is -0.397 e. The topological polar surface area (TPSA) is 48.0 Å². The fourth-order valence-electron chi connectivity index (χ4n) is 0.733. The van der Waals surface area contributed by atoms with Crippen molar-refractivity contribution in [2.24, 2.45) is 0 Å². The Morgan fingerprint density at radius 1 is 1.58 bits per heavy atom. The van der Waals surface area contributed by atoms with Gasteiger partial charge in [-0.05, 0) is 6.07 Å². The van der Waals surface area contributed by atoms with Gasteiger partial charge in [0.25, 0.3) is 5.56 Å². The molecule has 1 aromatic rings. The van der Waals surface area contributed by atoms with Crippen LogP contribution in [0.2, 0.25) is 5.02 Å². The average molecular weight is 195 g/mol. The molecule has 0 fully saturated rings. The van der Waals surface area contributed by atoms with E-state index in [0.29, 0.717) is 0 Å². The van der Waals surface area contributed by atoms with Gasteiger partial charge < -0.3 is 5.73 Å². The molecule has 3 nitrogen and oxygen atoms in total. The zero-order chi connectivity index (χ0) is 9.30. The van der Waals surface area contributed by atoms with Gasteiger partial charge in [-0.3, -0.25) is 9.36 Å². The molecule has 0 aliphatic carbocycles. The summed E-state index contributed by atoms with van der Waals surface area (Å²) in [5.74, 6) is 0. The molecule has 0 aromatic carbocycles. The molecule has 1 heterocycles. The maximum Gasteiger partial charge on any atom is 0.321 e. The van der Waals surface area contributed by atoms with Gasteiger partial charge in [-0.1, -0.05) is 11.6 Å². The number of nitrogens with zero attached hydrogens (tertiary/aromatic N) is 1. The number of hydrogen-bond acceptors (Lipinski definition) is 2. The lowest BCUT2D eigenvalue weighted by Gasteiger charge is -2.04. The number of anilines is 1. The number of alkyl halides is 2. The van der Waals surface area contributed by atoms with E-state index in [9.17, 15) is 13.6 Å². The van der Waals surface area contributed by atoms with Crippen molar-refractivity contribution in [3.63, 3.8) is 0 Å². The SMILES string of the molecule is Nc1cc(Cl)c(=O)n(C(F)F)c1. The highest BCUT2D eigenvalue weighted by atomic mass is 35.5. The van der Waals surface area contributed by atoms with Gasteiger partial charge in [0, 0.05) is 11.9 Å². The Labute approximate surface area is 71.4 Å². The number of aromatic nitrogens is 1. The molecule has 0 aliphatic heterocycles. The largest absolute Gasteiger partial charge is 0.397 e. The second-order valence-electron chi connectivity index (χ2n) is 2.11. The normalized spacial score (nSPS) is 10.7. The highest BCUT2D eigenvalue weighted by molar-refractivity contribution is 6.30. The lowest BCUT2D eigenvalue weighted by molar-refractivity contribution is 0.0666. The minimum absolute atomic E-state index is 0.0277. The number of pyridine rings is 1. The first-order valence-corrected chi connectivity index (χ1v) is 3.35. The van der Waals surface area contributed by atoms with Crippen LogP contribution in [-0.4, -0.2) is 4.57 Å². The summed E-state index contributed by atoms with van der Waals surface area (Å²) in [6, 6.07) is 1.13. The van der Waals surface area contributed by atoms with Gasteiger partial charge in [-0.2, -0.15) is 8.78 Å². The lowest BCUT2D eigenvalue weighted by Crippen LogP contribution is -2.20. The summed E-state index contributed by atoms with van der Waals surface area (Å²) in [6.45, 7) is -2.92. The van der Waals surface area contributed by atoms with E-state index in [1.54, 1.807) is 0 Å². The van der Waals surface area contributed by atoms with E-state index in [-0.39, 0.29) is 15.3 Å². The van der Waals surface area contributed by atoms with Crippen LogP contribution >= 0.6 is 11.6 Å². The van der Waals surface area contributed by atoms with Crippen LogP contribution in [0.1, 0.15) is 6.55 Å². The number of nitrogen functional groups attached to an aromatic ring is 1. The molecule has 0 amide bonds. The van der Waals surface area contributed by atoms with Crippen molar-refractivity contribution in [1.29, 1.82) is 0 Å². The smallest absolute Gasteiger partial charge is 0.321 e. The highest BCUT2D eigenvalue weighted by Gasteiger charge is 2.10. The minimum atomic E-state index is -2.92. The first-order valence-electron chi connectivity index (χ1n) is 2.97. The summed E-state index contributed by atoms with van der Waals surface area (Å²) in [6.07, 6.45) is 0.846. The quantitative estimate of drug-likeness (QED) is 0.736. The second-order valence-corrected chi connectivity index (χ2v) is 2.52. The monoisotopic (exact) mass is 194 g/mol. The van der Waals surface area contributed by atoms with Gasteiger partial charge >= 0.3 is 6.55 Å². The van der Waals surface area contributed by atoms with E-state index in [1.807, 2.05) is 0 Å². The molecule has 1 rings (SSSR count). The summed E-state index contributed by atoms with van der Waals surface area (Å²) in [5.41, 5.74) is 4.27. The zero-order valence-electron chi connectivity index (χ0n) is 5.80. The van der Waals surface area contributed by atoms with Crippen molar-refractivity contribution in [3.8, 4) is 0 Å². The van der Waals surface area contributed by atoms with Crippen LogP contribution in [-0.2, 0) is 0 Å². The van der Waals surface area contributed by atoms with Crippen molar-refractivity contribution < 1.29 is 8.78 Å². The van der Waals surface area contributed by atoms with Gasteiger partial charge in [0.05, 0.1) is 0 Å². The van der Waals surface area contributed by atoms with Crippen LogP contribution < -0.4 is 11.3 Å². The lowest BCUT2D eigenvalue weighted by atomic mass is 10.4. The third-order valence-electron chi connectivity index (χ3n) is 1.23. The summed E-state index contributed by atoms with van der Waals surface area (Å²) >= 11 is 5.32. The Hall–Kier alpha value is -1.10. The Morgan fingerprint density at radius 3 is 2.67 bits per heavy atom. The van der Waals surface area contributed by atoms with E-state index in [1.165, 1.54) is 0 Å². The highest BCUT2D eigenvalue weighted by Crippen LogP contribution is 2.12. The van der Waals surface area contributed by atoms with Crippen LogP contribution in [0.5, 0.6) is 0 Å². The number of nitrogens with two attached hydrogens (primary N) is 1. The number of rotatable bonds is 1. The van der Waals surface area contributed by atoms with Crippen LogP contribution in [0.3, 0.4) is 0 Å². The summed E-state index contributed by atoms with van der Waals surface area (Å²) < 4.78 is 24.3. The Balaban J connectivity index is 3.38. The molecular formula is C6H5ClF2N2O. The third-order valence-corrected chi connectivity index (χ3v) is 1.50. The van der Waals surface area contributed by atoms with Crippen LogP contribution in [0.15, 0.2) is 17.1 Å². The van der Waals surface area contributed by atoms with Crippen LogP contribution in [0.25, 0.3) is 0 Å². The van der Waals surface area contributed by atoms with E-state index in [0.717, 1.165) is 12.3 Å². The van der Waals surface area contributed by atoms with Gasteiger partial charge in [0.1, 0.15) is 5.02 Å². The van der Waals surface area contributed by atoms with Crippen molar-refractivity contribution in [3.05, 3.63) is 27.6 Å². The van der Waals surface area contributed by atoms with Gasteiger partial charge in [-0.25, -0.2) is 0 Å². The van der Waals surface area contributed by atoms with Crippen molar-refractivity contribution in [2.45, 2.75) is 6.55 Å². The molecule has 1 aromatic heterocycles. The Kier molecular flexibility index (Phi) is 2.32. The molecule has 0 bridgehead atoms. The van der Waals surface area contributed by atoms with Crippen molar-refractivity contribution in [1.82, 2.24) is 4.57 Å². The molecule has 0 radical (unpaired) electrons. The molecular weight excluding hydrogens is 190 g/mol. The maximum atomic E-state index is 12.0. The fourth-order valence-corrected chi connectivity index (χ4v) is 0.956. The van der Waals surface area contributed by atoms with Gasteiger partial charge in [-0.15, -0.1) is 0 Å². The van der Waals surface area contributed by atoms with E-state index in [4.69, 9.17) is 17.3 Å². The predicted octanol–water partition coefficient (Wildman–Crippen LogP) is 1.48. The first kappa shape index (κ1) is 8.99. The standard InChI is InChI=1S/C6H5ClF2N2O/c7-4-1-3(10)2-11(5(4)12)6(8)9/h1-2,6H,10H2. The molecule has 0 unspecified atom stereocenters. The maximum absolute atomic E-state index is 12.0. The van der Waals surface area contributed by atoms with Crippen molar-refractivity contribution >= 4 is 17.3 Å². The Bertz CT molecular complexity index is 350. The molecule has 0 spiro atoms. The summed E-state index contributed by atoms with van der Waals surface area (Å²) in [4.78, 5) is 10.9.